The maximum Gasteiger partial charge on any atom is 0.342 e. The zero-order valence-electron chi connectivity index (χ0n) is 10.3. The molecule has 0 unspecified atom stereocenters. The molecular formula is C12H10ClN3O3S. The standard InChI is InChI=1S/C12H10ClN3O3S/c1-6-14-12(16-15-6)20-10(11(18)19)5-7-4-8(13)2-3-9(7)17/h2-5,17H,1H3,(H,18,19)(H,14,15,16)/b10-5-. The second kappa shape index (κ2) is 5.98. The molecule has 20 heavy (non-hydrogen) atoms. The Morgan fingerprint density at radius 1 is 1.50 bits per heavy atom. The number of carboxylic acid groups (broad SMARTS) is 1. The highest BCUT2D eigenvalue weighted by Gasteiger charge is 2.14. The van der Waals surface area contributed by atoms with Crippen molar-refractivity contribution in [3.05, 3.63) is 39.5 Å². The Morgan fingerprint density at radius 2 is 2.25 bits per heavy atom. The first-order valence-corrected chi connectivity index (χ1v) is 6.65. The Hall–Kier alpha value is -1.99. The minimum Gasteiger partial charge on any atom is -0.507 e. The van der Waals surface area contributed by atoms with Crippen LogP contribution in [0.4, 0.5) is 0 Å². The van der Waals surface area contributed by atoms with Crippen molar-refractivity contribution < 1.29 is 15.0 Å². The van der Waals surface area contributed by atoms with Gasteiger partial charge < -0.3 is 10.2 Å². The van der Waals surface area contributed by atoms with Crippen LogP contribution in [0.25, 0.3) is 6.08 Å². The number of aromatic hydroxyl groups is 1. The second-order valence-electron chi connectivity index (χ2n) is 3.82. The minimum absolute atomic E-state index is 0.0263. The van der Waals surface area contributed by atoms with Crippen LogP contribution in [0.3, 0.4) is 0 Å². The maximum absolute atomic E-state index is 11.2. The van der Waals surface area contributed by atoms with Crippen molar-refractivity contribution in [1.82, 2.24) is 15.2 Å². The molecule has 0 aliphatic rings. The van der Waals surface area contributed by atoms with E-state index in [1.165, 1.54) is 24.3 Å². The van der Waals surface area contributed by atoms with Gasteiger partial charge in [0.2, 0.25) is 5.16 Å². The van der Waals surface area contributed by atoms with Crippen molar-refractivity contribution in [3.63, 3.8) is 0 Å². The molecule has 0 aliphatic carbocycles. The molecule has 1 aromatic carbocycles. The van der Waals surface area contributed by atoms with Crippen LogP contribution < -0.4 is 0 Å². The van der Waals surface area contributed by atoms with Gasteiger partial charge in [-0.15, -0.1) is 5.10 Å². The molecule has 1 aromatic heterocycles. The van der Waals surface area contributed by atoms with Crippen molar-refractivity contribution >= 4 is 35.4 Å². The topological polar surface area (TPSA) is 99.1 Å². The number of aromatic amines is 1. The van der Waals surface area contributed by atoms with E-state index in [2.05, 4.69) is 15.2 Å². The van der Waals surface area contributed by atoms with Crippen LogP contribution in [0, 0.1) is 6.92 Å². The molecule has 3 N–H and O–H groups in total. The first-order valence-electron chi connectivity index (χ1n) is 5.46. The number of thioether (sulfide) groups is 1. The molecule has 0 saturated carbocycles. The van der Waals surface area contributed by atoms with Gasteiger partial charge >= 0.3 is 5.97 Å². The molecule has 0 fully saturated rings. The first kappa shape index (κ1) is 14.4. The van der Waals surface area contributed by atoms with Crippen molar-refractivity contribution in [1.29, 1.82) is 0 Å². The van der Waals surface area contributed by atoms with E-state index in [0.29, 0.717) is 16.4 Å². The van der Waals surface area contributed by atoms with Crippen molar-refractivity contribution in [2.24, 2.45) is 0 Å². The highest BCUT2D eigenvalue weighted by molar-refractivity contribution is 8.04. The lowest BCUT2D eigenvalue weighted by molar-refractivity contribution is -0.131. The van der Waals surface area contributed by atoms with Crippen LogP contribution in [0.15, 0.2) is 28.3 Å². The molecule has 0 amide bonds. The fourth-order valence-corrected chi connectivity index (χ4v) is 2.31. The number of halogens is 1. The first-order chi connectivity index (χ1) is 9.45. The van der Waals surface area contributed by atoms with Gasteiger partial charge in [0.05, 0.1) is 0 Å². The van der Waals surface area contributed by atoms with Gasteiger partial charge in [-0.25, -0.2) is 9.78 Å². The van der Waals surface area contributed by atoms with Gasteiger partial charge in [0.25, 0.3) is 0 Å². The number of benzene rings is 1. The zero-order valence-corrected chi connectivity index (χ0v) is 11.9. The van der Waals surface area contributed by atoms with E-state index >= 15 is 0 Å². The lowest BCUT2D eigenvalue weighted by Gasteiger charge is -2.02. The number of aryl methyl sites for hydroxylation is 1. The molecule has 0 aliphatic heterocycles. The molecule has 0 bridgehead atoms. The lowest BCUT2D eigenvalue weighted by Crippen LogP contribution is -1.97. The number of hydrogen-bond acceptors (Lipinski definition) is 5. The van der Waals surface area contributed by atoms with Gasteiger partial charge in [-0.05, 0) is 43.0 Å². The number of phenols is 1. The summed E-state index contributed by atoms with van der Waals surface area (Å²) in [5.41, 5.74) is 0.314. The Labute approximate surface area is 123 Å². The number of carboxylic acids is 1. The predicted molar refractivity (Wildman–Crippen MR) is 75.7 cm³/mol. The number of H-pyrrole nitrogens is 1. The third-order valence-electron chi connectivity index (χ3n) is 2.26. The highest BCUT2D eigenvalue weighted by Crippen LogP contribution is 2.29. The van der Waals surface area contributed by atoms with Crippen LogP contribution in [-0.4, -0.2) is 31.4 Å². The van der Waals surface area contributed by atoms with Gasteiger partial charge in [-0.2, -0.15) is 0 Å². The molecular weight excluding hydrogens is 302 g/mol. The molecule has 8 heteroatoms. The van der Waals surface area contributed by atoms with E-state index in [1.807, 2.05) is 0 Å². The molecule has 2 rings (SSSR count). The van der Waals surface area contributed by atoms with E-state index < -0.39 is 5.97 Å². The van der Waals surface area contributed by atoms with Crippen LogP contribution in [0.5, 0.6) is 5.75 Å². The Bertz CT molecular complexity index is 684. The van der Waals surface area contributed by atoms with Gasteiger partial charge in [-0.3, -0.25) is 5.10 Å². The third-order valence-corrected chi connectivity index (χ3v) is 3.38. The van der Waals surface area contributed by atoms with Gasteiger partial charge in [0, 0.05) is 10.6 Å². The normalized spacial score (nSPS) is 11.6. The Morgan fingerprint density at radius 3 is 2.85 bits per heavy atom. The van der Waals surface area contributed by atoms with Gasteiger partial charge in [-0.1, -0.05) is 11.6 Å². The molecule has 1 heterocycles. The third kappa shape index (κ3) is 3.52. The van der Waals surface area contributed by atoms with Gasteiger partial charge in [0.1, 0.15) is 16.5 Å². The van der Waals surface area contributed by atoms with Crippen molar-refractivity contribution in [2.75, 3.05) is 0 Å². The van der Waals surface area contributed by atoms with E-state index in [-0.39, 0.29) is 15.8 Å². The summed E-state index contributed by atoms with van der Waals surface area (Å²) in [6, 6.07) is 4.39. The molecule has 6 nitrogen and oxygen atoms in total. The summed E-state index contributed by atoms with van der Waals surface area (Å²) in [5, 5.41) is 26.1. The summed E-state index contributed by atoms with van der Waals surface area (Å²) < 4.78 is 0. The number of hydrogen-bond donors (Lipinski definition) is 3. The average molecular weight is 312 g/mol. The monoisotopic (exact) mass is 311 g/mol. The van der Waals surface area contributed by atoms with E-state index in [1.54, 1.807) is 6.92 Å². The van der Waals surface area contributed by atoms with Crippen molar-refractivity contribution in [2.45, 2.75) is 12.1 Å². The summed E-state index contributed by atoms with van der Waals surface area (Å²) >= 11 is 6.70. The zero-order chi connectivity index (χ0) is 14.7. The second-order valence-corrected chi connectivity index (χ2v) is 5.27. The van der Waals surface area contributed by atoms with Crippen LogP contribution >= 0.6 is 23.4 Å². The fourth-order valence-electron chi connectivity index (χ4n) is 1.38. The van der Waals surface area contributed by atoms with Crippen LogP contribution in [-0.2, 0) is 4.79 Å². The Balaban J connectivity index is 2.35. The fraction of sp³-hybridized carbons (Fsp3) is 0.0833. The number of nitrogens with one attached hydrogen (secondary N) is 1. The van der Waals surface area contributed by atoms with E-state index in [4.69, 9.17) is 11.6 Å². The summed E-state index contributed by atoms with van der Waals surface area (Å²) in [7, 11) is 0. The largest absolute Gasteiger partial charge is 0.507 e. The highest BCUT2D eigenvalue weighted by atomic mass is 35.5. The number of nitrogens with zero attached hydrogens (tertiary/aromatic N) is 2. The molecule has 104 valence electrons. The predicted octanol–water partition coefficient (Wildman–Crippen LogP) is 2.69. The summed E-state index contributed by atoms with van der Waals surface area (Å²) in [6.07, 6.45) is 1.32. The minimum atomic E-state index is -1.14. The van der Waals surface area contributed by atoms with Gasteiger partial charge in [0.15, 0.2) is 0 Å². The summed E-state index contributed by atoms with van der Waals surface area (Å²) in [4.78, 5) is 15.2. The summed E-state index contributed by atoms with van der Waals surface area (Å²) in [6.45, 7) is 1.71. The molecule has 0 radical (unpaired) electrons. The molecule has 0 saturated heterocycles. The van der Waals surface area contributed by atoms with E-state index in [0.717, 1.165) is 11.8 Å². The SMILES string of the molecule is Cc1nc(S/C(=C\c2cc(Cl)ccc2O)C(=O)O)n[nH]1. The van der Waals surface area contributed by atoms with Crippen molar-refractivity contribution in [3.8, 4) is 5.75 Å². The maximum atomic E-state index is 11.2. The molecule has 2 aromatic rings. The summed E-state index contributed by atoms with van der Waals surface area (Å²) in [5.74, 6) is -0.611. The molecule has 0 atom stereocenters. The molecule has 0 spiro atoms. The quantitative estimate of drug-likeness (QED) is 0.593. The van der Waals surface area contributed by atoms with E-state index in [9.17, 15) is 15.0 Å². The smallest absolute Gasteiger partial charge is 0.342 e. The lowest BCUT2D eigenvalue weighted by atomic mass is 10.2. The number of rotatable bonds is 4. The van der Waals surface area contributed by atoms with Crippen LogP contribution in [0.2, 0.25) is 5.02 Å². The van der Waals surface area contributed by atoms with Crippen LogP contribution in [0.1, 0.15) is 11.4 Å². The number of carbonyl (C=O) groups is 1. The number of aliphatic carboxylic acids is 1. The Kier molecular flexibility index (Phi) is 4.31. The number of aromatic nitrogens is 3. The number of phenolic OH excluding ortho intramolecular Hbond substituents is 1. The average Bonchev–Trinajstić information content (AvgIpc) is 2.78.